The Morgan fingerprint density at radius 3 is 1.54 bits per heavy atom. The van der Waals surface area contributed by atoms with Crippen molar-refractivity contribution < 1.29 is 167 Å². The van der Waals surface area contributed by atoms with Crippen molar-refractivity contribution in [1.29, 1.82) is 0 Å². The smallest absolute Gasteiger partial charge is 0.317 e. The molecule has 0 bridgehead atoms. The minimum Gasteiger partial charge on any atom is -0.462 e. The van der Waals surface area contributed by atoms with Gasteiger partial charge in [0.15, 0.2) is 37.4 Å². The van der Waals surface area contributed by atoms with E-state index in [1.807, 2.05) is 6.92 Å². The van der Waals surface area contributed by atoms with Gasteiger partial charge in [0.25, 0.3) is 0 Å². The summed E-state index contributed by atoms with van der Waals surface area (Å²) in [6, 6.07) is 0. The maximum Gasteiger partial charge on any atom is 0.317 e. The molecule has 0 aromatic carbocycles. The Bertz CT molecular complexity index is 3200. The van der Waals surface area contributed by atoms with Crippen molar-refractivity contribution in [2.75, 3.05) is 13.2 Å². The molecule has 39 atom stereocenters. The Balaban J connectivity index is 0.882. The molecule has 624 valence electrons. The summed E-state index contributed by atoms with van der Waals surface area (Å²) in [4.78, 5) is 67.8. The second-order valence-corrected chi connectivity index (χ2v) is 34.7. The first kappa shape index (κ1) is 87.5. The predicted molar refractivity (Wildman–Crippen MR) is 369 cm³/mol. The van der Waals surface area contributed by atoms with Gasteiger partial charge in [0.1, 0.15) is 103 Å². The highest BCUT2D eigenvalue weighted by atomic mass is 16.8. The molecule has 109 heavy (non-hydrogen) atoms. The summed E-state index contributed by atoms with van der Waals surface area (Å²) in [5.74, 6) is -5.57. The van der Waals surface area contributed by atoms with E-state index in [-0.39, 0.29) is 43.9 Å². The minimum absolute atomic E-state index is 0.0486. The summed E-state index contributed by atoms with van der Waals surface area (Å²) in [5, 5.41) is 169. The number of carbonyl (C=O) groups excluding carboxylic acids is 5. The number of aliphatic hydroxyl groups is 15. The molecule has 34 nitrogen and oxygen atoms in total. The summed E-state index contributed by atoms with van der Waals surface area (Å²) in [5.41, 5.74) is -4.45. The van der Waals surface area contributed by atoms with Crippen LogP contribution in [0.15, 0.2) is 11.6 Å². The van der Waals surface area contributed by atoms with E-state index in [1.54, 1.807) is 0 Å². The van der Waals surface area contributed by atoms with Crippen LogP contribution in [0.2, 0.25) is 0 Å². The lowest BCUT2D eigenvalue weighted by Gasteiger charge is -2.72. The van der Waals surface area contributed by atoms with Gasteiger partial charge in [-0.15, -0.1) is 0 Å². The van der Waals surface area contributed by atoms with Crippen molar-refractivity contribution in [3.63, 3.8) is 0 Å². The third kappa shape index (κ3) is 17.1. The van der Waals surface area contributed by atoms with Crippen molar-refractivity contribution >= 4 is 29.8 Å². The first-order chi connectivity index (χ1) is 50.8. The predicted octanol–water partition coefficient (Wildman–Crippen LogP) is -1.26. The Morgan fingerprint density at radius 1 is 0.486 bits per heavy atom. The Morgan fingerprint density at radius 2 is 0.982 bits per heavy atom. The van der Waals surface area contributed by atoms with Crippen LogP contribution in [0.1, 0.15) is 174 Å². The third-order valence-electron chi connectivity index (χ3n) is 26.2. The van der Waals surface area contributed by atoms with Gasteiger partial charge < -0.3 is 143 Å². The third-order valence-corrected chi connectivity index (χ3v) is 26.2. The number of rotatable bonds is 23. The van der Waals surface area contributed by atoms with Crippen molar-refractivity contribution in [1.82, 2.24) is 0 Å². The molecule has 0 amide bonds. The zero-order chi connectivity index (χ0) is 80.6. The van der Waals surface area contributed by atoms with E-state index in [9.17, 15) is 95.8 Å². The molecule has 0 aromatic heterocycles. The van der Waals surface area contributed by atoms with Crippen LogP contribution in [0.5, 0.6) is 0 Å². The van der Waals surface area contributed by atoms with Crippen LogP contribution in [0.25, 0.3) is 0 Å². The van der Waals surface area contributed by atoms with E-state index < -0.39 is 284 Å². The van der Waals surface area contributed by atoms with E-state index in [4.69, 9.17) is 66.3 Å². The van der Waals surface area contributed by atoms with Gasteiger partial charge in [0.2, 0.25) is 6.29 Å². The van der Waals surface area contributed by atoms with E-state index in [0.717, 1.165) is 5.57 Å². The van der Waals surface area contributed by atoms with E-state index in [1.165, 1.54) is 55.4 Å². The van der Waals surface area contributed by atoms with E-state index in [0.29, 0.717) is 32.1 Å². The quantitative estimate of drug-likeness (QED) is 0.0246. The molecule has 5 aliphatic heterocycles. The number of ether oxygens (including phenoxy) is 14. The van der Waals surface area contributed by atoms with Gasteiger partial charge in [0, 0.05) is 5.41 Å². The summed E-state index contributed by atoms with van der Waals surface area (Å²) >= 11 is 0. The highest BCUT2D eigenvalue weighted by Crippen LogP contribution is 2.76. The summed E-state index contributed by atoms with van der Waals surface area (Å²) in [6.07, 6.45) is -44.4. The van der Waals surface area contributed by atoms with Gasteiger partial charge in [-0.25, -0.2) is 0 Å². The number of hydrogen-bond donors (Lipinski definition) is 15. The summed E-state index contributed by atoms with van der Waals surface area (Å²) in [7, 11) is 0. The molecule has 5 saturated heterocycles. The largest absolute Gasteiger partial charge is 0.462 e. The number of aliphatic hydroxyl groups excluding tert-OH is 15. The molecule has 10 aliphatic rings. The van der Waals surface area contributed by atoms with Crippen molar-refractivity contribution in [2.45, 2.75) is 364 Å². The van der Waals surface area contributed by atoms with Crippen LogP contribution < -0.4 is 0 Å². The first-order valence-electron chi connectivity index (χ1n) is 38.5. The zero-order valence-electron chi connectivity index (χ0n) is 64.6. The van der Waals surface area contributed by atoms with Crippen LogP contribution in [0, 0.1) is 50.2 Å². The van der Waals surface area contributed by atoms with E-state index >= 15 is 4.79 Å². The highest BCUT2D eigenvalue weighted by Gasteiger charge is 2.74. The molecular weight excluding hydrogens is 1440 g/mol. The zero-order valence-corrected chi connectivity index (χ0v) is 64.6. The van der Waals surface area contributed by atoms with Crippen molar-refractivity contribution in [3.8, 4) is 0 Å². The molecule has 0 spiro atoms. The van der Waals surface area contributed by atoms with Crippen LogP contribution in [0.4, 0.5) is 0 Å². The standard InChI is InChI=1S/C75H120O34/c1-30(77)21-45(81)97-31(2)22-46(82)98-32(3)23-47(83)99-33(4)24-48(84)104-60-37(8)103-68(62(57(60)93)107-66-56(92)53(89)59(36(7)102-66)105-64-58(94)61(41(79)28-96-64)106-65-54(90)51(87)49(85)34(5)100-65)109-69(95)75-20-19-70(9,10)25-39(75)38-15-16-43-71(11)26-40(78)63(108-67-55(91)52(88)50(86)35(6)101-67)72(12,29-76)42(71)17-18-73(43,13)74(38,14)27-44(75)80/h15,30-37,39-44,49-68,76-80,85-94H,16-29H2,1-14H3/t30-,31-,32-,33-,34-,35-,36-,37+,39-,40-,41+,42+,43+,44+,49-,50-,51+,52+,53-,54+,55+,56+,57-,58+,59-,60-,61-,62+,63-,64-,65-,66?,67-,68-,71-,72-,73+,74+,75+/m0/s1. The molecule has 4 saturated carbocycles. The maximum atomic E-state index is 16.0. The first-order valence-corrected chi connectivity index (χ1v) is 38.5. The summed E-state index contributed by atoms with van der Waals surface area (Å²) in [6.45, 7) is 22.8. The minimum atomic E-state index is -2.13. The van der Waals surface area contributed by atoms with Gasteiger partial charge in [0.05, 0.1) is 87.7 Å². The Labute approximate surface area is 633 Å². The number of allylic oxidation sites excluding steroid dienone is 2. The van der Waals surface area contributed by atoms with Crippen molar-refractivity contribution in [3.05, 3.63) is 11.6 Å². The van der Waals surface area contributed by atoms with Gasteiger partial charge in [-0.1, -0.05) is 53.2 Å². The molecule has 34 heteroatoms. The fraction of sp³-hybridized carbons (Fsp3) is 0.907. The molecule has 1 unspecified atom stereocenters. The van der Waals surface area contributed by atoms with Crippen LogP contribution in [0.3, 0.4) is 0 Å². The second kappa shape index (κ2) is 33.8. The SMILES string of the molecule is C[C@H](O)CC(=O)O[C@@H](C)CC(=O)O[C@@H](C)CC(=O)O[C@@H](C)CC(=O)O[C@@H]1[C@H](O)[C@@H](OC2O[C@@H](C)[C@H](O[C@@H]3OC[C@@H](O)[C@H](O[C@@H]4O[C@@H](C)[C@H](O)[C@@H](O)[C@H]4O)[C@H]3O)[C@@H](O)[C@H]2O)[C@H](OC(=O)[C@]23CCC(C)(C)C[C@H]2C2=CC[C@@H]4[C@@]5(C)C[C@H](O)[C@H](O[C@@H]6O[C@@H](C)[C@H](O)[C@@H](O)[C@H]6O)[C@@](C)(CO)[C@@H]5CC[C@@]4(C)[C@]2(C)C[C@H]3O)O[C@@H]1C. The fourth-order valence-corrected chi connectivity index (χ4v) is 20.0. The van der Waals surface area contributed by atoms with Gasteiger partial charge >= 0.3 is 29.8 Å². The number of esters is 5. The maximum absolute atomic E-state index is 16.0. The van der Waals surface area contributed by atoms with Gasteiger partial charge in [-0.3, -0.25) is 24.0 Å². The molecule has 0 radical (unpaired) electrons. The topological polar surface area (TPSA) is 518 Å². The van der Waals surface area contributed by atoms with E-state index in [2.05, 4.69) is 40.7 Å². The van der Waals surface area contributed by atoms with Gasteiger partial charge in [-0.2, -0.15) is 0 Å². The summed E-state index contributed by atoms with van der Waals surface area (Å²) < 4.78 is 82.5. The van der Waals surface area contributed by atoms with Gasteiger partial charge in [-0.05, 0) is 146 Å². The molecule has 0 aromatic rings. The number of hydrogen-bond acceptors (Lipinski definition) is 34. The monoisotopic (exact) mass is 1560 g/mol. The van der Waals surface area contributed by atoms with Crippen LogP contribution in [-0.2, 0) is 90.3 Å². The number of fused-ring (bicyclic) bond motifs is 7. The normalized spacial score (nSPS) is 48.0. The molecule has 5 aliphatic carbocycles. The average molecular weight is 1570 g/mol. The molecule has 10 rings (SSSR count). The molecule has 15 N–H and O–H groups in total. The van der Waals surface area contributed by atoms with Crippen LogP contribution >= 0.6 is 0 Å². The lowest BCUT2D eigenvalue weighted by Crippen LogP contribution is -2.70. The Kier molecular flexibility index (Phi) is 27.1. The average Bonchev–Trinajstić information content (AvgIpc) is 0.669. The number of carbonyl (C=O) groups is 5. The molecule has 5 heterocycles. The highest BCUT2D eigenvalue weighted by molar-refractivity contribution is 5.80. The second-order valence-electron chi connectivity index (χ2n) is 34.7. The van der Waals surface area contributed by atoms with Crippen LogP contribution in [-0.4, -0.2) is 310 Å². The fourth-order valence-electron chi connectivity index (χ4n) is 20.0. The van der Waals surface area contributed by atoms with Crippen molar-refractivity contribution in [2.24, 2.45) is 50.2 Å². The lowest BCUT2D eigenvalue weighted by atomic mass is 9.33. The lowest BCUT2D eigenvalue weighted by molar-refractivity contribution is -0.380. The molecule has 9 fully saturated rings. The molecular formula is C75H120O34. The Hall–Kier alpha value is -3.87.